The molecule has 0 spiro atoms. The lowest BCUT2D eigenvalue weighted by Gasteiger charge is -2.19. The quantitative estimate of drug-likeness (QED) is 0.211. The molecule has 0 bridgehead atoms. The number of benzene rings is 3. The molecule has 37 heavy (non-hydrogen) atoms. The fourth-order valence-electron chi connectivity index (χ4n) is 4.31. The van der Waals surface area contributed by atoms with Gasteiger partial charge >= 0.3 is 0 Å². The summed E-state index contributed by atoms with van der Waals surface area (Å²) in [6, 6.07) is 29.3. The van der Waals surface area contributed by atoms with Gasteiger partial charge in [0, 0.05) is 12.5 Å². The molecule has 0 fully saturated rings. The standard InChI is InChI=1S/C30H36N2O5/c33-17-18-34-19-20-35-21-22-36-23-24-37-30-28-13-7-8-14-29(28)31-32(30)16-15-27(25-9-3-1-4-10-25)26-11-5-2-6-12-26/h1-14,27,33H,15-24H2. The van der Waals surface area contributed by atoms with Crippen molar-refractivity contribution in [2.75, 3.05) is 52.9 Å². The van der Waals surface area contributed by atoms with Crippen molar-refractivity contribution in [2.45, 2.75) is 18.9 Å². The van der Waals surface area contributed by atoms with E-state index in [4.69, 9.17) is 29.2 Å². The van der Waals surface area contributed by atoms with Crippen LogP contribution in [0, 0.1) is 0 Å². The second-order valence-electron chi connectivity index (χ2n) is 8.62. The molecule has 1 N–H and O–H groups in total. The van der Waals surface area contributed by atoms with Crippen molar-refractivity contribution in [2.24, 2.45) is 0 Å². The van der Waals surface area contributed by atoms with Crippen LogP contribution in [0.5, 0.6) is 5.88 Å². The molecule has 7 nitrogen and oxygen atoms in total. The van der Waals surface area contributed by atoms with Gasteiger partial charge in [0.15, 0.2) is 0 Å². The Hall–Kier alpha value is -3.23. The first-order valence-corrected chi connectivity index (χ1v) is 12.9. The van der Waals surface area contributed by atoms with Gasteiger partial charge in [-0.1, -0.05) is 72.8 Å². The second-order valence-corrected chi connectivity index (χ2v) is 8.62. The van der Waals surface area contributed by atoms with Gasteiger partial charge in [0.05, 0.1) is 57.2 Å². The fraction of sp³-hybridized carbons (Fsp3) is 0.367. The van der Waals surface area contributed by atoms with E-state index in [2.05, 4.69) is 60.7 Å². The van der Waals surface area contributed by atoms with Crippen molar-refractivity contribution >= 4 is 10.9 Å². The average Bonchev–Trinajstić information content (AvgIpc) is 3.30. The normalized spacial score (nSPS) is 11.4. The van der Waals surface area contributed by atoms with Gasteiger partial charge in [0.25, 0.3) is 0 Å². The second kappa shape index (κ2) is 15.1. The number of fused-ring (bicyclic) bond motifs is 1. The van der Waals surface area contributed by atoms with E-state index in [1.807, 2.05) is 28.9 Å². The molecular weight excluding hydrogens is 468 g/mol. The average molecular weight is 505 g/mol. The minimum absolute atomic E-state index is 0.0257. The number of aromatic nitrogens is 2. The number of aryl methyl sites for hydroxylation is 1. The van der Waals surface area contributed by atoms with E-state index in [1.54, 1.807) is 0 Å². The third kappa shape index (κ3) is 8.13. The highest BCUT2D eigenvalue weighted by molar-refractivity contribution is 5.84. The number of nitrogens with zero attached hydrogens (tertiary/aromatic N) is 2. The smallest absolute Gasteiger partial charge is 0.219 e. The number of aliphatic hydroxyl groups is 1. The highest BCUT2D eigenvalue weighted by Gasteiger charge is 2.17. The first-order chi connectivity index (χ1) is 18.4. The molecule has 0 saturated heterocycles. The third-order valence-corrected chi connectivity index (χ3v) is 6.08. The van der Waals surface area contributed by atoms with Crippen LogP contribution in [-0.2, 0) is 20.8 Å². The Morgan fingerprint density at radius 3 is 1.81 bits per heavy atom. The summed E-state index contributed by atoms with van der Waals surface area (Å²) in [4.78, 5) is 0. The van der Waals surface area contributed by atoms with Gasteiger partial charge in [-0.25, -0.2) is 4.68 Å². The minimum Gasteiger partial charge on any atom is -0.475 e. The highest BCUT2D eigenvalue weighted by Crippen LogP contribution is 2.31. The molecule has 0 amide bonds. The Morgan fingerprint density at radius 1 is 0.649 bits per heavy atom. The maximum absolute atomic E-state index is 8.68. The Kier molecular flexibility index (Phi) is 11.0. The monoisotopic (exact) mass is 504 g/mol. The molecule has 7 heteroatoms. The van der Waals surface area contributed by atoms with Crippen LogP contribution in [0.2, 0.25) is 0 Å². The number of hydrogen-bond acceptors (Lipinski definition) is 6. The molecule has 1 aromatic heterocycles. The summed E-state index contributed by atoms with van der Waals surface area (Å²) in [5.74, 6) is 1.04. The number of rotatable bonds is 17. The molecule has 0 aliphatic carbocycles. The minimum atomic E-state index is 0.0257. The number of ether oxygens (including phenoxy) is 4. The summed E-state index contributed by atoms with van der Waals surface area (Å²) >= 11 is 0. The van der Waals surface area contributed by atoms with E-state index in [0.29, 0.717) is 46.2 Å². The van der Waals surface area contributed by atoms with Crippen LogP contribution in [0.15, 0.2) is 84.9 Å². The van der Waals surface area contributed by atoms with Crippen LogP contribution in [0.1, 0.15) is 23.5 Å². The van der Waals surface area contributed by atoms with Crippen molar-refractivity contribution in [3.63, 3.8) is 0 Å². The van der Waals surface area contributed by atoms with Crippen LogP contribution in [-0.4, -0.2) is 67.7 Å². The molecule has 0 saturated carbocycles. The maximum Gasteiger partial charge on any atom is 0.219 e. The number of aliphatic hydroxyl groups excluding tert-OH is 1. The molecule has 4 aromatic rings. The lowest BCUT2D eigenvalue weighted by Crippen LogP contribution is -2.15. The van der Waals surface area contributed by atoms with E-state index in [-0.39, 0.29) is 12.5 Å². The molecule has 3 aromatic carbocycles. The summed E-state index contributed by atoms with van der Waals surface area (Å²) in [7, 11) is 0. The molecule has 0 aliphatic rings. The predicted octanol–water partition coefficient (Wildman–Crippen LogP) is 4.68. The van der Waals surface area contributed by atoms with Gasteiger partial charge in [0.1, 0.15) is 6.61 Å². The van der Waals surface area contributed by atoms with Crippen molar-refractivity contribution < 1.29 is 24.1 Å². The maximum atomic E-state index is 8.68. The van der Waals surface area contributed by atoms with Crippen LogP contribution in [0.4, 0.5) is 0 Å². The van der Waals surface area contributed by atoms with E-state index < -0.39 is 0 Å². The van der Waals surface area contributed by atoms with E-state index in [9.17, 15) is 0 Å². The van der Waals surface area contributed by atoms with Gasteiger partial charge in [-0.3, -0.25) is 0 Å². The van der Waals surface area contributed by atoms with Crippen LogP contribution < -0.4 is 4.74 Å². The first-order valence-electron chi connectivity index (χ1n) is 12.9. The van der Waals surface area contributed by atoms with Crippen LogP contribution in [0.25, 0.3) is 10.9 Å². The Balaban J connectivity index is 1.33. The predicted molar refractivity (Wildman–Crippen MR) is 144 cm³/mol. The molecule has 4 rings (SSSR count). The topological polar surface area (TPSA) is 75.0 Å². The molecule has 1 heterocycles. The SMILES string of the molecule is OCCOCCOCCOCCOc1c2ccccc2nn1CCC(c1ccccc1)c1ccccc1. The van der Waals surface area contributed by atoms with Crippen molar-refractivity contribution in [3.05, 3.63) is 96.1 Å². The lowest BCUT2D eigenvalue weighted by molar-refractivity contribution is 0.00327. The van der Waals surface area contributed by atoms with Gasteiger partial charge in [-0.05, 0) is 29.7 Å². The first kappa shape index (κ1) is 26.8. The van der Waals surface area contributed by atoms with Crippen molar-refractivity contribution in [1.29, 1.82) is 0 Å². The van der Waals surface area contributed by atoms with Crippen molar-refractivity contribution in [3.8, 4) is 5.88 Å². The number of hydrogen-bond donors (Lipinski definition) is 1. The summed E-state index contributed by atoms with van der Waals surface area (Å²) < 4.78 is 24.5. The molecule has 0 unspecified atom stereocenters. The third-order valence-electron chi connectivity index (χ3n) is 6.08. The largest absolute Gasteiger partial charge is 0.475 e. The molecular formula is C30H36N2O5. The Labute approximate surface area is 218 Å². The molecule has 0 atom stereocenters. The molecule has 196 valence electrons. The Morgan fingerprint density at radius 2 is 1.19 bits per heavy atom. The Bertz CT molecular complexity index is 1130. The summed E-state index contributed by atoms with van der Waals surface area (Å²) in [6.07, 6.45) is 0.897. The zero-order chi connectivity index (χ0) is 25.5. The zero-order valence-corrected chi connectivity index (χ0v) is 21.2. The summed E-state index contributed by atoms with van der Waals surface area (Å²) in [6.45, 7) is 3.90. The van der Waals surface area contributed by atoms with Crippen LogP contribution in [0.3, 0.4) is 0 Å². The van der Waals surface area contributed by atoms with Gasteiger partial charge < -0.3 is 24.1 Å². The van der Waals surface area contributed by atoms with Gasteiger partial charge in [-0.2, -0.15) is 5.10 Å². The van der Waals surface area contributed by atoms with E-state index in [0.717, 1.165) is 29.7 Å². The molecule has 0 aliphatic heterocycles. The highest BCUT2D eigenvalue weighted by atomic mass is 16.6. The molecule has 0 radical (unpaired) electrons. The summed E-state index contributed by atoms with van der Waals surface area (Å²) in [5, 5.41) is 14.5. The van der Waals surface area contributed by atoms with E-state index in [1.165, 1.54) is 11.1 Å². The summed E-state index contributed by atoms with van der Waals surface area (Å²) in [5.41, 5.74) is 3.51. The lowest BCUT2D eigenvalue weighted by atomic mass is 9.88. The fourth-order valence-corrected chi connectivity index (χ4v) is 4.31. The van der Waals surface area contributed by atoms with Crippen LogP contribution >= 0.6 is 0 Å². The zero-order valence-electron chi connectivity index (χ0n) is 21.2. The van der Waals surface area contributed by atoms with Gasteiger partial charge in [-0.15, -0.1) is 0 Å². The van der Waals surface area contributed by atoms with E-state index >= 15 is 0 Å². The van der Waals surface area contributed by atoms with Gasteiger partial charge in [0.2, 0.25) is 5.88 Å². The van der Waals surface area contributed by atoms with Crippen molar-refractivity contribution in [1.82, 2.24) is 9.78 Å².